The van der Waals surface area contributed by atoms with Gasteiger partial charge in [-0.05, 0) is 54.6 Å². The molecule has 228 valence electrons. The van der Waals surface area contributed by atoms with Crippen molar-refractivity contribution in [2.24, 2.45) is 0 Å². The molecule has 0 bridgehead atoms. The van der Waals surface area contributed by atoms with Crippen LogP contribution in [0.1, 0.15) is 36.8 Å². The van der Waals surface area contributed by atoms with Crippen molar-refractivity contribution < 1.29 is 27.1 Å². The predicted molar refractivity (Wildman–Crippen MR) is 161 cm³/mol. The van der Waals surface area contributed by atoms with Gasteiger partial charge in [0.1, 0.15) is 24.2 Å². The van der Waals surface area contributed by atoms with Gasteiger partial charge in [-0.3, -0.25) is 4.57 Å². The number of alkyl halides is 3. The van der Waals surface area contributed by atoms with Crippen LogP contribution in [0, 0.1) is 5.82 Å². The van der Waals surface area contributed by atoms with E-state index in [2.05, 4.69) is 15.3 Å². The van der Waals surface area contributed by atoms with Crippen LogP contribution in [0.15, 0.2) is 79.1 Å². The van der Waals surface area contributed by atoms with Crippen LogP contribution < -0.4 is 21.1 Å². The van der Waals surface area contributed by atoms with Crippen molar-refractivity contribution in [3.05, 3.63) is 102 Å². The molecule has 1 amide bonds. The molecule has 0 spiro atoms. The van der Waals surface area contributed by atoms with E-state index in [1.54, 1.807) is 79.9 Å². The van der Waals surface area contributed by atoms with E-state index in [1.807, 2.05) is 12.2 Å². The lowest BCUT2D eigenvalue weighted by Crippen LogP contribution is -2.37. The van der Waals surface area contributed by atoms with Gasteiger partial charge in [0.15, 0.2) is 11.6 Å². The predicted octanol–water partition coefficient (Wildman–Crippen LogP) is 7.10. The number of anilines is 2. The number of aryl methyl sites for hydroxylation is 1. The number of pyridine rings is 1. The Hall–Kier alpha value is -5.13. The Labute approximate surface area is 250 Å². The number of fused-ring (bicyclic) bond motifs is 1. The molecule has 8 nitrogen and oxygen atoms in total. The lowest BCUT2D eigenvalue weighted by atomic mass is 9.99. The fraction of sp³-hybridized carbons (Fsp3) is 0.219. The average molecular weight is 607 g/mol. The van der Waals surface area contributed by atoms with Crippen LogP contribution in [-0.4, -0.2) is 39.9 Å². The number of amides is 1. The van der Waals surface area contributed by atoms with Gasteiger partial charge in [-0.25, -0.2) is 19.2 Å². The molecule has 0 aliphatic heterocycles. The second-order valence-electron chi connectivity index (χ2n) is 9.99. The summed E-state index contributed by atoms with van der Waals surface area (Å²) >= 11 is 0. The van der Waals surface area contributed by atoms with Gasteiger partial charge < -0.3 is 21.1 Å². The van der Waals surface area contributed by atoms with E-state index in [1.165, 1.54) is 6.20 Å². The summed E-state index contributed by atoms with van der Waals surface area (Å²) in [6.45, 7) is 2.27. The fourth-order valence-electron chi connectivity index (χ4n) is 4.86. The molecule has 2 aromatic heterocycles. The number of nitrogens with zero attached hydrogens (tertiary/aromatic N) is 3. The molecule has 3 aromatic carbocycles. The van der Waals surface area contributed by atoms with Crippen molar-refractivity contribution in [3.63, 3.8) is 0 Å². The maximum Gasteiger partial charge on any atom is 0.405 e. The number of imidazole rings is 1. The summed E-state index contributed by atoms with van der Waals surface area (Å²) < 4.78 is 62.1. The molecule has 0 saturated carbocycles. The van der Waals surface area contributed by atoms with Crippen molar-refractivity contribution in [1.82, 2.24) is 19.9 Å². The summed E-state index contributed by atoms with van der Waals surface area (Å²) in [5.41, 5.74) is 8.30. The lowest BCUT2D eigenvalue weighted by molar-refractivity contribution is -0.122. The molecule has 1 atom stereocenters. The number of nitrogens with one attached hydrogen (secondary N) is 2. The molecule has 0 aliphatic rings. The highest BCUT2D eigenvalue weighted by atomic mass is 19.4. The number of benzene rings is 3. The highest BCUT2D eigenvalue weighted by molar-refractivity contribution is 5.93. The number of ether oxygens (including phenoxy) is 1. The van der Waals surface area contributed by atoms with Crippen LogP contribution in [0.5, 0.6) is 5.75 Å². The third kappa shape index (κ3) is 6.59. The Balaban J connectivity index is 1.71. The number of nitrogen functional groups attached to an aromatic ring is 1. The van der Waals surface area contributed by atoms with E-state index in [-0.39, 0.29) is 23.7 Å². The van der Waals surface area contributed by atoms with E-state index >= 15 is 4.39 Å². The van der Waals surface area contributed by atoms with Crippen LogP contribution in [-0.2, 0) is 6.42 Å². The maximum absolute atomic E-state index is 16.2. The van der Waals surface area contributed by atoms with Gasteiger partial charge in [0.05, 0.1) is 12.3 Å². The van der Waals surface area contributed by atoms with Crippen molar-refractivity contribution in [3.8, 4) is 17.0 Å². The second kappa shape index (κ2) is 12.6. The molecule has 2 heterocycles. The normalized spacial score (nSPS) is 12.2. The zero-order valence-electron chi connectivity index (χ0n) is 24.0. The molecule has 5 rings (SSSR count). The number of nitrogens with two attached hydrogens (primary N) is 1. The number of carbonyl (C=O) groups excluding carboxylic acids is 1. The standard InChI is InChI=1S/C32H30F4N6O2/c1-3-19-14-24(27(33)26(15-19)44-4-2)28(40-22-10-11-23-21(16-22)12-13-38-29(23)37)30-41-25(20-8-6-5-7-9-20)17-42(30)31(43)39-18-32(34,35)36/h5-17,28,40H,3-4,18H2,1-2H3,(H2,37,38)(H,39,43). The van der Waals surface area contributed by atoms with Gasteiger partial charge in [-0.2, -0.15) is 13.2 Å². The molecular formula is C32H30F4N6O2. The number of carbonyl (C=O) groups is 1. The minimum Gasteiger partial charge on any atom is -0.491 e. The number of hydrogen-bond acceptors (Lipinski definition) is 6. The summed E-state index contributed by atoms with van der Waals surface area (Å²) in [5, 5.41) is 6.63. The minimum atomic E-state index is -4.65. The van der Waals surface area contributed by atoms with E-state index in [4.69, 9.17) is 10.5 Å². The molecule has 5 aromatic rings. The first-order chi connectivity index (χ1) is 21.1. The molecular weight excluding hydrogens is 576 g/mol. The molecule has 1 unspecified atom stereocenters. The third-order valence-electron chi connectivity index (χ3n) is 6.97. The second-order valence-corrected chi connectivity index (χ2v) is 9.99. The van der Waals surface area contributed by atoms with Crippen LogP contribution in [0.3, 0.4) is 0 Å². The first-order valence-electron chi connectivity index (χ1n) is 13.9. The summed E-state index contributed by atoms with van der Waals surface area (Å²) in [7, 11) is 0. The molecule has 44 heavy (non-hydrogen) atoms. The number of rotatable bonds is 9. The van der Waals surface area contributed by atoms with Crippen LogP contribution in [0.25, 0.3) is 22.0 Å². The SMILES string of the molecule is CCOc1cc(CC)cc(C(Nc2ccc3c(N)nccc3c2)c2nc(-c3ccccc3)cn2C(=O)NCC(F)(F)F)c1F. The highest BCUT2D eigenvalue weighted by Crippen LogP contribution is 2.36. The quantitative estimate of drug-likeness (QED) is 0.155. The minimum absolute atomic E-state index is 0.00826. The Morgan fingerprint density at radius 1 is 1.07 bits per heavy atom. The zero-order valence-corrected chi connectivity index (χ0v) is 24.0. The third-order valence-corrected chi connectivity index (χ3v) is 6.97. The van der Waals surface area contributed by atoms with Crippen molar-refractivity contribution in [2.75, 3.05) is 24.2 Å². The molecule has 4 N–H and O–H groups in total. The van der Waals surface area contributed by atoms with E-state index in [0.29, 0.717) is 34.6 Å². The van der Waals surface area contributed by atoms with Crippen molar-refractivity contribution in [2.45, 2.75) is 32.5 Å². The Morgan fingerprint density at radius 2 is 1.84 bits per heavy atom. The van der Waals surface area contributed by atoms with Crippen molar-refractivity contribution in [1.29, 1.82) is 0 Å². The van der Waals surface area contributed by atoms with E-state index in [9.17, 15) is 18.0 Å². The van der Waals surface area contributed by atoms with E-state index < -0.39 is 30.6 Å². The molecule has 0 radical (unpaired) electrons. The van der Waals surface area contributed by atoms with Crippen molar-refractivity contribution >= 4 is 28.3 Å². The van der Waals surface area contributed by atoms with Gasteiger partial charge >= 0.3 is 12.2 Å². The van der Waals surface area contributed by atoms with Gasteiger partial charge in [0.25, 0.3) is 0 Å². The Bertz CT molecular complexity index is 1790. The molecule has 0 fully saturated rings. The average Bonchev–Trinajstić information content (AvgIpc) is 3.45. The topological polar surface area (TPSA) is 107 Å². The highest BCUT2D eigenvalue weighted by Gasteiger charge is 2.32. The number of halogens is 4. The van der Waals surface area contributed by atoms with Gasteiger partial charge in [-0.15, -0.1) is 0 Å². The Kier molecular flexibility index (Phi) is 8.70. The first-order valence-corrected chi connectivity index (χ1v) is 13.9. The van der Waals surface area contributed by atoms with Crippen LogP contribution in [0.2, 0.25) is 0 Å². The monoisotopic (exact) mass is 606 g/mol. The first kappa shape index (κ1) is 30.3. The van der Waals surface area contributed by atoms with Crippen LogP contribution in [0.4, 0.5) is 33.9 Å². The molecule has 0 aliphatic carbocycles. The smallest absolute Gasteiger partial charge is 0.405 e. The summed E-state index contributed by atoms with van der Waals surface area (Å²) in [6.07, 6.45) is -1.21. The van der Waals surface area contributed by atoms with Gasteiger partial charge in [-0.1, -0.05) is 43.3 Å². The largest absolute Gasteiger partial charge is 0.491 e. The Morgan fingerprint density at radius 3 is 2.55 bits per heavy atom. The number of aromatic nitrogens is 3. The zero-order chi connectivity index (χ0) is 31.4. The number of hydrogen-bond donors (Lipinski definition) is 3. The van der Waals surface area contributed by atoms with Gasteiger partial charge in [0, 0.05) is 34.6 Å². The van der Waals surface area contributed by atoms with E-state index in [0.717, 1.165) is 15.5 Å². The molecule has 12 heteroatoms. The van der Waals surface area contributed by atoms with Gasteiger partial charge in [0.2, 0.25) is 0 Å². The summed E-state index contributed by atoms with van der Waals surface area (Å²) in [5.74, 6) is -0.387. The van der Waals surface area contributed by atoms with Crippen LogP contribution >= 0.6 is 0 Å². The fourth-order valence-corrected chi connectivity index (χ4v) is 4.86. The summed E-state index contributed by atoms with van der Waals surface area (Å²) in [4.78, 5) is 22.1. The summed E-state index contributed by atoms with van der Waals surface area (Å²) in [6, 6.07) is 16.8. The lowest BCUT2D eigenvalue weighted by Gasteiger charge is -2.23. The molecule has 0 saturated heterocycles. The maximum atomic E-state index is 16.2.